The van der Waals surface area contributed by atoms with Crippen LogP contribution in [0.25, 0.3) is 0 Å². The summed E-state index contributed by atoms with van der Waals surface area (Å²) in [6.45, 7) is 1.12. The summed E-state index contributed by atoms with van der Waals surface area (Å²) in [6, 6.07) is 0. The molecule has 0 unspecified atom stereocenters. The van der Waals surface area contributed by atoms with E-state index in [-0.39, 0.29) is 0 Å². The molecule has 4 aliphatic rings. The van der Waals surface area contributed by atoms with Crippen molar-refractivity contribution in [3.8, 4) is 0 Å². The molecule has 4 aliphatic carbocycles. The Morgan fingerprint density at radius 2 is 1.83 bits per heavy atom. The van der Waals surface area contributed by atoms with Gasteiger partial charge in [-0.05, 0) is 56.3 Å². The molecule has 0 atom stereocenters. The molecule has 18 heavy (non-hydrogen) atoms. The molecule has 3 heteroatoms. The molecule has 2 nitrogen and oxygen atoms in total. The van der Waals surface area contributed by atoms with E-state index in [1.807, 2.05) is 6.20 Å². The van der Waals surface area contributed by atoms with Crippen LogP contribution in [0, 0.1) is 17.8 Å². The summed E-state index contributed by atoms with van der Waals surface area (Å²) in [5.74, 6) is 3.14. The van der Waals surface area contributed by atoms with Gasteiger partial charge in [0.25, 0.3) is 0 Å². The van der Waals surface area contributed by atoms with E-state index in [2.05, 4.69) is 15.7 Å². The van der Waals surface area contributed by atoms with Crippen LogP contribution < -0.4 is 5.32 Å². The number of aromatic nitrogens is 1. The lowest BCUT2D eigenvalue weighted by atomic mass is 9.53. The van der Waals surface area contributed by atoms with Crippen LogP contribution in [0.1, 0.15) is 43.5 Å². The van der Waals surface area contributed by atoms with Crippen molar-refractivity contribution >= 4 is 11.3 Å². The smallest absolute Gasteiger partial charge is 0.0937 e. The van der Waals surface area contributed by atoms with Crippen molar-refractivity contribution in [3.05, 3.63) is 16.6 Å². The summed E-state index contributed by atoms with van der Waals surface area (Å²) in [4.78, 5) is 4.38. The molecule has 98 valence electrons. The van der Waals surface area contributed by atoms with Crippen molar-refractivity contribution in [2.45, 2.75) is 50.5 Å². The highest BCUT2D eigenvalue weighted by atomic mass is 32.1. The molecule has 4 bridgehead atoms. The van der Waals surface area contributed by atoms with Crippen LogP contribution >= 0.6 is 11.3 Å². The fourth-order valence-corrected chi connectivity index (χ4v) is 5.76. The van der Waals surface area contributed by atoms with Crippen molar-refractivity contribution in [2.75, 3.05) is 6.54 Å². The van der Waals surface area contributed by atoms with Gasteiger partial charge in [0, 0.05) is 30.1 Å². The Morgan fingerprint density at radius 3 is 2.39 bits per heavy atom. The average molecular weight is 262 g/mol. The molecule has 0 amide bonds. The van der Waals surface area contributed by atoms with Crippen LogP contribution in [0.2, 0.25) is 0 Å². The fourth-order valence-electron chi connectivity index (χ4n) is 5.14. The molecule has 0 aliphatic heterocycles. The molecule has 4 fully saturated rings. The average Bonchev–Trinajstić information content (AvgIpc) is 2.79. The van der Waals surface area contributed by atoms with E-state index in [1.54, 1.807) is 11.3 Å². The second kappa shape index (κ2) is 4.31. The summed E-state index contributed by atoms with van der Waals surface area (Å²) in [7, 11) is 0. The molecule has 0 spiro atoms. The number of hydrogen-bond acceptors (Lipinski definition) is 3. The third kappa shape index (κ3) is 2.01. The van der Waals surface area contributed by atoms with Gasteiger partial charge in [0.2, 0.25) is 0 Å². The number of nitrogens with zero attached hydrogens (tertiary/aromatic N) is 1. The molecule has 0 radical (unpaired) electrons. The van der Waals surface area contributed by atoms with Gasteiger partial charge in [-0.1, -0.05) is 0 Å². The summed E-state index contributed by atoms with van der Waals surface area (Å²) in [5, 5.41) is 7.30. The Hall–Kier alpha value is -0.410. The van der Waals surface area contributed by atoms with Crippen molar-refractivity contribution in [1.29, 1.82) is 0 Å². The van der Waals surface area contributed by atoms with E-state index in [1.165, 1.54) is 43.5 Å². The topological polar surface area (TPSA) is 24.9 Å². The lowest BCUT2D eigenvalue weighted by Gasteiger charge is -2.57. The van der Waals surface area contributed by atoms with E-state index in [9.17, 15) is 0 Å². The van der Waals surface area contributed by atoms with Gasteiger partial charge < -0.3 is 5.32 Å². The van der Waals surface area contributed by atoms with Crippen LogP contribution in [0.5, 0.6) is 0 Å². The van der Waals surface area contributed by atoms with E-state index in [4.69, 9.17) is 0 Å². The van der Waals surface area contributed by atoms with Gasteiger partial charge >= 0.3 is 0 Å². The van der Waals surface area contributed by atoms with Gasteiger partial charge in [0.1, 0.15) is 0 Å². The van der Waals surface area contributed by atoms with Crippen molar-refractivity contribution in [1.82, 2.24) is 10.3 Å². The van der Waals surface area contributed by atoms with E-state index >= 15 is 0 Å². The monoisotopic (exact) mass is 262 g/mol. The van der Waals surface area contributed by atoms with Crippen LogP contribution in [0.3, 0.4) is 0 Å². The fraction of sp³-hybridized carbons (Fsp3) is 0.800. The Morgan fingerprint density at radius 1 is 1.17 bits per heavy atom. The second-order valence-corrected chi connectivity index (χ2v) is 7.78. The maximum atomic E-state index is 4.38. The van der Waals surface area contributed by atoms with Gasteiger partial charge in [-0.15, -0.1) is 11.3 Å². The SMILES string of the molecule is c1csc(CCNC23CC4CC(CC(C4)C2)C3)n1. The maximum Gasteiger partial charge on any atom is 0.0937 e. The normalized spacial score (nSPS) is 41.4. The Balaban J connectivity index is 1.39. The first kappa shape index (κ1) is 11.4. The summed E-state index contributed by atoms with van der Waals surface area (Å²) in [5.41, 5.74) is 0.520. The zero-order valence-corrected chi connectivity index (χ0v) is 11.7. The number of rotatable bonds is 4. The lowest BCUT2D eigenvalue weighted by molar-refractivity contribution is -0.0192. The van der Waals surface area contributed by atoms with Gasteiger partial charge in [-0.2, -0.15) is 0 Å². The van der Waals surface area contributed by atoms with Crippen LogP contribution in [0.4, 0.5) is 0 Å². The molecule has 1 heterocycles. The van der Waals surface area contributed by atoms with Crippen molar-refractivity contribution < 1.29 is 0 Å². The third-order valence-electron chi connectivity index (χ3n) is 5.36. The highest BCUT2D eigenvalue weighted by molar-refractivity contribution is 7.09. The Kier molecular flexibility index (Phi) is 2.73. The standard InChI is InChI=1S/C15H22N2S/c1(14-16-3-4-18-14)2-17-15-8-11-5-12(9-15)7-13(6-11)10-15/h3-4,11-13,17H,1-2,5-10H2. The Labute approximate surface area is 113 Å². The zero-order valence-electron chi connectivity index (χ0n) is 10.9. The Bertz CT molecular complexity index is 377. The van der Waals surface area contributed by atoms with E-state index < -0.39 is 0 Å². The van der Waals surface area contributed by atoms with Crippen LogP contribution in [0.15, 0.2) is 11.6 Å². The van der Waals surface area contributed by atoms with Gasteiger partial charge in [-0.25, -0.2) is 4.98 Å². The minimum absolute atomic E-state index is 0.520. The van der Waals surface area contributed by atoms with Crippen molar-refractivity contribution in [2.24, 2.45) is 17.8 Å². The molecule has 1 N–H and O–H groups in total. The third-order valence-corrected chi connectivity index (χ3v) is 6.20. The molecular weight excluding hydrogens is 240 g/mol. The minimum Gasteiger partial charge on any atom is -0.311 e. The van der Waals surface area contributed by atoms with Gasteiger partial charge in [0.05, 0.1) is 5.01 Å². The number of nitrogens with one attached hydrogen (secondary N) is 1. The summed E-state index contributed by atoms with van der Waals surface area (Å²) >= 11 is 1.79. The molecule has 4 saturated carbocycles. The minimum atomic E-state index is 0.520. The predicted molar refractivity (Wildman–Crippen MR) is 74.7 cm³/mol. The molecule has 5 rings (SSSR count). The zero-order chi connectivity index (χ0) is 12.0. The highest BCUT2D eigenvalue weighted by Crippen LogP contribution is 2.55. The first-order valence-corrected chi connectivity index (χ1v) is 8.33. The first-order valence-electron chi connectivity index (χ1n) is 7.45. The van der Waals surface area contributed by atoms with E-state index in [0.29, 0.717) is 5.54 Å². The van der Waals surface area contributed by atoms with Gasteiger partial charge in [-0.3, -0.25) is 0 Å². The first-order chi connectivity index (χ1) is 8.81. The molecule has 0 aromatic carbocycles. The second-order valence-electron chi connectivity index (χ2n) is 6.80. The quantitative estimate of drug-likeness (QED) is 0.901. The predicted octanol–water partition coefficient (Wildman–Crippen LogP) is 3.24. The summed E-state index contributed by atoms with van der Waals surface area (Å²) in [6.07, 6.45) is 12.0. The maximum absolute atomic E-state index is 4.38. The number of thiazole rings is 1. The van der Waals surface area contributed by atoms with Crippen molar-refractivity contribution in [3.63, 3.8) is 0 Å². The van der Waals surface area contributed by atoms with E-state index in [0.717, 1.165) is 30.7 Å². The van der Waals surface area contributed by atoms with Crippen LogP contribution in [-0.2, 0) is 6.42 Å². The van der Waals surface area contributed by atoms with Gasteiger partial charge in [0.15, 0.2) is 0 Å². The molecule has 0 saturated heterocycles. The largest absolute Gasteiger partial charge is 0.311 e. The lowest BCUT2D eigenvalue weighted by Crippen LogP contribution is -2.58. The summed E-state index contributed by atoms with van der Waals surface area (Å²) < 4.78 is 0. The molecule has 1 aromatic heterocycles. The molecular formula is C15H22N2S. The highest BCUT2D eigenvalue weighted by Gasteiger charge is 2.50. The molecule has 1 aromatic rings. The number of hydrogen-bond donors (Lipinski definition) is 1. The van der Waals surface area contributed by atoms with Crippen LogP contribution in [-0.4, -0.2) is 17.1 Å².